The summed E-state index contributed by atoms with van der Waals surface area (Å²) in [5.74, 6) is 2.79. The molecule has 1 N–H and O–H groups in total. The van der Waals surface area contributed by atoms with E-state index in [0.29, 0.717) is 0 Å². The molecule has 1 aliphatic rings. The predicted molar refractivity (Wildman–Crippen MR) is 37.1 cm³/mol. The van der Waals surface area contributed by atoms with Crippen LogP contribution in [0.5, 0.6) is 0 Å². The molecular formula is C8H11N. The average Bonchev–Trinajstić information content (AvgIpc) is 1.89. The summed E-state index contributed by atoms with van der Waals surface area (Å²) < 4.78 is 0. The smallest absolute Gasteiger partial charge is 0.0667 e. The highest BCUT2D eigenvalue weighted by Gasteiger charge is 2.20. The zero-order valence-electron chi connectivity index (χ0n) is 5.48. The first-order valence-corrected chi connectivity index (χ1v) is 3.38. The van der Waals surface area contributed by atoms with Gasteiger partial charge in [-0.3, -0.25) is 0 Å². The molecule has 0 amide bonds. The van der Waals surface area contributed by atoms with E-state index in [2.05, 4.69) is 5.92 Å². The lowest BCUT2D eigenvalue weighted by Gasteiger charge is -2.21. The normalized spacial score (nSPS) is 29.6. The number of rotatable bonds is 0. The summed E-state index contributed by atoms with van der Waals surface area (Å²) in [7, 11) is 0. The van der Waals surface area contributed by atoms with Crippen LogP contribution in [0.4, 0.5) is 0 Å². The Balaban J connectivity index is 2.41. The number of terminal acetylenes is 1. The van der Waals surface area contributed by atoms with Crippen molar-refractivity contribution in [3.8, 4) is 12.3 Å². The van der Waals surface area contributed by atoms with E-state index < -0.39 is 0 Å². The fraction of sp³-hybridized carbons (Fsp3) is 0.625. The van der Waals surface area contributed by atoms with E-state index in [0.717, 1.165) is 25.3 Å². The van der Waals surface area contributed by atoms with Crippen LogP contribution in [0.1, 0.15) is 25.7 Å². The monoisotopic (exact) mass is 121 g/mol. The van der Waals surface area contributed by atoms with Gasteiger partial charge in [0.25, 0.3) is 0 Å². The molecule has 1 fully saturated rings. The summed E-state index contributed by atoms with van der Waals surface area (Å²) in [6, 6.07) is 0.767. The Bertz CT molecular complexity index is 123. The molecule has 1 heteroatoms. The molecule has 0 heterocycles. The van der Waals surface area contributed by atoms with Crippen molar-refractivity contribution in [2.75, 3.05) is 0 Å². The molecule has 0 bridgehead atoms. The Labute approximate surface area is 56.6 Å². The molecule has 0 spiro atoms. The molecule has 1 unspecified atom stereocenters. The third-order valence-electron chi connectivity index (χ3n) is 1.81. The molecule has 0 aromatic carbocycles. The van der Waals surface area contributed by atoms with Gasteiger partial charge in [-0.25, -0.2) is 5.73 Å². The third-order valence-corrected chi connectivity index (χ3v) is 1.81. The molecule has 9 heavy (non-hydrogen) atoms. The zero-order valence-corrected chi connectivity index (χ0v) is 5.48. The molecule has 1 saturated carbocycles. The molecule has 1 atom stereocenters. The van der Waals surface area contributed by atoms with Crippen LogP contribution >= 0.6 is 0 Å². The van der Waals surface area contributed by atoms with Gasteiger partial charge in [-0.2, -0.15) is 0 Å². The third kappa shape index (κ3) is 1.46. The maximum Gasteiger partial charge on any atom is 0.0667 e. The first-order valence-electron chi connectivity index (χ1n) is 3.38. The summed E-state index contributed by atoms with van der Waals surface area (Å²) in [5.41, 5.74) is 7.40. The van der Waals surface area contributed by atoms with Crippen LogP contribution in [0.25, 0.3) is 0 Å². The van der Waals surface area contributed by atoms with Crippen molar-refractivity contribution in [1.82, 2.24) is 5.73 Å². The van der Waals surface area contributed by atoms with Crippen molar-refractivity contribution in [2.24, 2.45) is 5.92 Å². The van der Waals surface area contributed by atoms with Crippen LogP contribution in [0, 0.1) is 24.3 Å². The number of hydrogen-bond donors (Lipinski definition) is 0. The highest BCUT2D eigenvalue weighted by Crippen LogP contribution is 2.27. The lowest BCUT2D eigenvalue weighted by molar-refractivity contribution is 0.454. The second-order valence-corrected chi connectivity index (χ2v) is 2.49. The zero-order chi connectivity index (χ0) is 6.69. The summed E-state index contributed by atoms with van der Waals surface area (Å²) in [6.07, 6.45) is 9.53. The molecule has 0 aromatic rings. The maximum absolute atomic E-state index is 7.40. The standard InChI is InChI=1S/C8H11N/c1-2-7-5-3-4-6-8(7)9/h1,7,9H,3-6H2. The second-order valence-electron chi connectivity index (χ2n) is 2.49. The Morgan fingerprint density at radius 1 is 1.56 bits per heavy atom. The van der Waals surface area contributed by atoms with Gasteiger partial charge in [-0.1, -0.05) is 12.8 Å². The predicted octanol–water partition coefficient (Wildman–Crippen LogP) is 1.62. The van der Waals surface area contributed by atoms with Crippen LogP contribution in [0.15, 0.2) is 0 Å². The first kappa shape index (κ1) is 6.64. The molecule has 1 rings (SSSR count). The lowest BCUT2D eigenvalue weighted by Crippen LogP contribution is -2.16. The Hall–Kier alpha value is -0.480. The van der Waals surface area contributed by atoms with Gasteiger partial charge in [0.05, 0.1) is 6.04 Å². The van der Waals surface area contributed by atoms with Crippen molar-refractivity contribution >= 4 is 0 Å². The molecule has 0 aliphatic heterocycles. The van der Waals surface area contributed by atoms with Crippen molar-refractivity contribution in [3.63, 3.8) is 0 Å². The van der Waals surface area contributed by atoms with Gasteiger partial charge in [-0.15, -0.1) is 12.3 Å². The quantitative estimate of drug-likeness (QED) is 0.435. The van der Waals surface area contributed by atoms with Gasteiger partial charge >= 0.3 is 0 Å². The van der Waals surface area contributed by atoms with E-state index in [9.17, 15) is 0 Å². The van der Waals surface area contributed by atoms with E-state index in [1.807, 2.05) is 0 Å². The van der Waals surface area contributed by atoms with Crippen LogP contribution in [0.2, 0.25) is 0 Å². The van der Waals surface area contributed by atoms with Crippen LogP contribution in [-0.2, 0) is 0 Å². The largest absolute Gasteiger partial charge is 0.248 e. The van der Waals surface area contributed by atoms with Crippen molar-refractivity contribution in [1.29, 1.82) is 0 Å². The Morgan fingerprint density at radius 3 is 2.78 bits per heavy atom. The van der Waals surface area contributed by atoms with Gasteiger partial charge in [0.1, 0.15) is 0 Å². The van der Waals surface area contributed by atoms with E-state index in [4.69, 9.17) is 12.2 Å². The molecule has 2 radical (unpaired) electrons. The van der Waals surface area contributed by atoms with Crippen molar-refractivity contribution < 1.29 is 0 Å². The minimum absolute atomic E-state index is 0.166. The minimum atomic E-state index is 0.166. The molecule has 0 aromatic heterocycles. The van der Waals surface area contributed by atoms with Gasteiger partial charge in [0, 0.05) is 5.92 Å². The van der Waals surface area contributed by atoms with Crippen molar-refractivity contribution in [3.05, 3.63) is 6.04 Å². The van der Waals surface area contributed by atoms with Crippen LogP contribution in [-0.4, -0.2) is 0 Å². The molecule has 48 valence electrons. The van der Waals surface area contributed by atoms with E-state index in [1.54, 1.807) is 0 Å². The summed E-state index contributed by atoms with van der Waals surface area (Å²) in [4.78, 5) is 0. The van der Waals surface area contributed by atoms with Crippen LogP contribution in [0.3, 0.4) is 0 Å². The lowest BCUT2D eigenvalue weighted by atomic mass is 9.86. The Morgan fingerprint density at radius 2 is 2.33 bits per heavy atom. The highest BCUT2D eigenvalue weighted by molar-refractivity contribution is 5.08. The fourth-order valence-electron chi connectivity index (χ4n) is 1.20. The molecular weight excluding hydrogens is 110 g/mol. The van der Waals surface area contributed by atoms with Crippen molar-refractivity contribution in [2.45, 2.75) is 25.7 Å². The molecule has 1 nitrogen and oxygen atoms in total. The van der Waals surface area contributed by atoms with Gasteiger partial charge in [0.2, 0.25) is 0 Å². The molecule has 1 aliphatic carbocycles. The SMILES string of the molecule is C#CC1CCCC[C]1[NH]. The Kier molecular flexibility index (Phi) is 2.13. The average molecular weight is 121 g/mol. The first-order chi connectivity index (χ1) is 4.34. The van der Waals surface area contributed by atoms with E-state index in [-0.39, 0.29) is 5.92 Å². The van der Waals surface area contributed by atoms with Gasteiger partial charge in [-0.05, 0) is 12.8 Å². The summed E-state index contributed by atoms with van der Waals surface area (Å²) >= 11 is 0. The highest BCUT2D eigenvalue weighted by atomic mass is 14.6. The van der Waals surface area contributed by atoms with Crippen LogP contribution < -0.4 is 5.73 Å². The second kappa shape index (κ2) is 2.89. The molecule has 0 saturated heterocycles. The van der Waals surface area contributed by atoms with E-state index >= 15 is 0 Å². The summed E-state index contributed by atoms with van der Waals surface area (Å²) in [6.45, 7) is 0. The maximum atomic E-state index is 7.40. The summed E-state index contributed by atoms with van der Waals surface area (Å²) in [5, 5.41) is 0. The van der Waals surface area contributed by atoms with Gasteiger partial charge in [0.15, 0.2) is 0 Å². The topological polar surface area (TPSA) is 23.8 Å². The number of hydrogen-bond acceptors (Lipinski definition) is 0. The fourth-order valence-corrected chi connectivity index (χ4v) is 1.20. The van der Waals surface area contributed by atoms with Gasteiger partial charge < -0.3 is 0 Å². The number of nitrogens with one attached hydrogen (secondary N) is 1. The van der Waals surface area contributed by atoms with E-state index in [1.165, 1.54) is 6.42 Å². The minimum Gasteiger partial charge on any atom is -0.248 e.